The summed E-state index contributed by atoms with van der Waals surface area (Å²) in [5, 5.41) is 5.63. The summed E-state index contributed by atoms with van der Waals surface area (Å²) in [5.74, 6) is 0. The number of thiazole rings is 1. The molecule has 1 heterocycles. The maximum atomic E-state index is 11.7. The zero-order chi connectivity index (χ0) is 12.0. The van der Waals surface area contributed by atoms with Crippen molar-refractivity contribution in [3.8, 4) is 0 Å². The van der Waals surface area contributed by atoms with Crippen LogP contribution in [0.1, 0.15) is 10.7 Å². The summed E-state index contributed by atoms with van der Waals surface area (Å²) in [5.41, 5.74) is 0.901. The Kier molecular flexibility index (Phi) is 5.17. The van der Waals surface area contributed by atoms with Crippen LogP contribution in [-0.2, 0) is 17.7 Å². The third kappa shape index (κ3) is 5.43. The number of alkyl halides is 3. The van der Waals surface area contributed by atoms with Gasteiger partial charge in [0.25, 0.3) is 0 Å². The average Bonchev–Trinajstić information content (AvgIpc) is 2.60. The number of halogens is 3. The number of aromatic nitrogens is 1. The standard InChI is InChI=1S/C9H13F3N2OS/c1-13-4-7-5-16-8(14-7)2-3-15-6-9(10,11)12/h5,13H,2-4,6H2,1H3. The predicted molar refractivity (Wildman–Crippen MR) is 55.5 cm³/mol. The molecule has 1 aromatic heterocycles. The van der Waals surface area contributed by atoms with Crippen LogP contribution in [0.2, 0.25) is 0 Å². The molecule has 3 nitrogen and oxygen atoms in total. The fraction of sp³-hybridized carbons (Fsp3) is 0.667. The van der Waals surface area contributed by atoms with Gasteiger partial charge in [-0.15, -0.1) is 11.3 Å². The van der Waals surface area contributed by atoms with Gasteiger partial charge in [-0.25, -0.2) is 4.98 Å². The smallest absolute Gasteiger partial charge is 0.372 e. The van der Waals surface area contributed by atoms with Gasteiger partial charge in [0, 0.05) is 18.3 Å². The van der Waals surface area contributed by atoms with Crippen molar-refractivity contribution in [2.24, 2.45) is 0 Å². The maximum absolute atomic E-state index is 11.7. The third-order valence-corrected chi connectivity index (χ3v) is 2.64. The van der Waals surface area contributed by atoms with Gasteiger partial charge in [-0.3, -0.25) is 0 Å². The van der Waals surface area contributed by atoms with E-state index in [0.717, 1.165) is 10.7 Å². The number of hydrogen-bond donors (Lipinski definition) is 1. The van der Waals surface area contributed by atoms with Crippen LogP contribution in [0.25, 0.3) is 0 Å². The first-order valence-corrected chi connectivity index (χ1v) is 5.61. The summed E-state index contributed by atoms with van der Waals surface area (Å²) in [4.78, 5) is 4.23. The number of ether oxygens (including phenoxy) is 1. The fourth-order valence-electron chi connectivity index (χ4n) is 1.07. The number of rotatable bonds is 6. The molecular formula is C9H13F3N2OS. The van der Waals surface area contributed by atoms with Crippen molar-refractivity contribution < 1.29 is 17.9 Å². The molecule has 0 atom stereocenters. The molecule has 16 heavy (non-hydrogen) atoms. The molecule has 7 heteroatoms. The van der Waals surface area contributed by atoms with Crippen molar-refractivity contribution >= 4 is 11.3 Å². The van der Waals surface area contributed by atoms with Crippen LogP contribution in [0, 0.1) is 0 Å². The molecule has 1 N–H and O–H groups in total. The first-order chi connectivity index (χ1) is 7.51. The molecule has 1 rings (SSSR count). The summed E-state index contributed by atoms with van der Waals surface area (Å²) in [7, 11) is 1.81. The summed E-state index contributed by atoms with van der Waals surface area (Å²) < 4.78 is 39.7. The van der Waals surface area contributed by atoms with Crippen molar-refractivity contribution in [2.45, 2.75) is 19.1 Å². The first kappa shape index (κ1) is 13.4. The normalized spacial score (nSPS) is 12.0. The van der Waals surface area contributed by atoms with E-state index in [0.29, 0.717) is 13.0 Å². The molecule has 0 aliphatic carbocycles. The molecule has 0 saturated carbocycles. The van der Waals surface area contributed by atoms with Crippen molar-refractivity contribution in [3.63, 3.8) is 0 Å². The predicted octanol–water partition coefficient (Wildman–Crippen LogP) is 1.98. The van der Waals surface area contributed by atoms with Crippen LogP contribution in [-0.4, -0.2) is 31.4 Å². The van der Waals surface area contributed by atoms with Gasteiger partial charge in [0.05, 0.1) is 17.3 Å². The minimum atomic E-state index is -4.25. The van der Waals surface area contributed by atoms with Crippen LogP contribution in [0.4, 0.5) is 13.2 Å². The lowest BCUT2D eigenvalue weighted by atomic mass is 10.4. The van der Waals surface area contributed by atoms with Crippen molar-refractivity contribution in [1.29, 1.82) is 0 Å². The highest BCUT2D eigenvalue weighted by atomic mass is 32.1. The second-order valence-electron chi connectivity index (χ2n) is 3.18. The highest BCUT2D eigenvalue weighted by Gasteiger charge is 2.27. The Morgan fingerprint density at radius 1 is 1.50 bits per heavy atom. The second-order valence-corrected chi connectivity index (χ2v) is 4.12. The quantitative estimate of drug-likeness (QED) is 0.788. The molecule has 0 radical (unpaired) electrons. The summed E-state index contributed by atoms with van der Waals surface area (Å²) in [6.45, 7) is -0.478. The second kappa shape index (κ2) is 6.17. The molecule has 0 bridgehead atoms. The number of nitrogens with zero attached hydrogens (tertiary/aromatic N) is 1. The zero-order valence-corrected chi connectivity index (χ0v) is 9.62. The van der Waals surface area contributed by atoms with Crippen LogP contribution in [0.5, 0.6) is 0 Å². The Morgan fingerprint density at radius 2 is 2.25 bits per heavy atom. The average molecular weight is 254 g/mol. The summed E-state index contributed by atoms with van der Waals surface area (Å²) in [6, 6.07) is 0. The topological polar surface area (TPSA) is 34.1 Å². The van der Waals surface area contributed by atoms with Gasteiger partial charge in [0.15, 0.2) is 0 Å². The lowest BCUT2D eigenvalue weighted by Gasteiger charge is -2.06. The van der Waals surface area contributed by atoms with Gasteiger partial charge >= 0.3 is 6.18 Å². The highest BCUT2D eigenvalue weighted by molar-refractivity contribution is 7.09. The van der Waals surface area contributed by atoms with E-state index in [1.807, 2.05) is 12.4 Å². The fourth-order valence-corrected chi connectivity index (χ4v) is 1.85. The summed E-state index contributed by atoms with van der Waals surface area (Å²) >= 11 is 1.44. The Hall–Kier alpha value is -0.660. The Morgan fingerprint density at radius 3 is 2.88 bits per heavy atom. The molecule has 0 spiro atoms. The molecule has 0 saturated heterocycles. The number of nitrogens with one attached hydrogen (secondary N) is 1. The zero-order valence-electron chi connectivity index (χ0n) is 8.80. The van der Waals surface area contributed by atoms with Gasteiger partial charge < -0.3 is 10.1 Å². The van der Waals surface area contributed by atoms with Crippen molar-refractivity contribution in [2.75, 3.05) is 20.3 Å². The van der Waals surface area contributed by atoms with Crippen LogP contribution in [0.3, 0.4) is 0 Å². The van der Waals surface area contributed by atoms with E-state index in [2.05, 4.69) is 15.0 Å². The molecule has 0 aliphatic heterocycles. The van der Waals surface area contributed by atoms with Crippen LogP contribution < -0.4 is 5.32 Å². The molecule has 92 valence electrons. The van der Waals surface area contributed by atoms with Gasteiger partial charge in [0.2, 0.25) is 0 Å². The van der Waals surface area contributed by atoms with Gasteiger partial charge in [-0.05, 0) is 7.05 Å². The molecule has 0 amide bonds. The van der Waals surface area contributed by atoms with Crippen LogP contribution >= 0.6 is 11.3 Å². The third-order valence-electron chi connectivity index (χ3n) is 1.68. The van der Waals surface area contributed by atoms with Crippen LogP contribution in [0.15, 0.2) is 5.38 Å². The SMILES string of the molecule is CNCc1csc(CCOCC(F)(F)F)n1. The highest BCUT2D eigenvalue weighted by Crippen LogP contribution is 2.15. The maximum Gasteiger partial charge on any atom is 0.411 e. The van der Waals surface area contributed by atoms with Crippen molar-refractivity contribution in [1.82, 2.24) is 10.3 Å². The molecule has 0 fully saturated rings. The Bertz CT molecular complexity index is 314. The van der Waals surface area contributed by atoms with E-state index in [-0.39, 0.29) is 6.61 Å². The minimum Gasteiger partial charge on any atom is -0.372 e. The Labute approximate surface area is 95.6 Å². The van der Waals surface area contributed by atoms with E-state index >= 15 is 0 Å². The Balaban J connectivity index is 2.21. The van der Waals surface area contributed by atoms with E-state index in [1.54, 1.807) is 0 Å². The molecule has 0 unspecified atom stereocenters. The molecular weight excluding hydrogens is 241 g/mol. The van der Waals surface area contributed by atoms with Gasteiger partial charge in [-0.2, -0.15) is 13.2 Å². The van der Waals surface area contributed by atoms with E-state index < -0.39 is 12.8 Å². The van der Waals surface area contributed by atoms with E-state index in [1.165, 1.54) is 11.3 Å². The molecule has 1 aromatic rings. The molecule has 0 aromatic carbocycles. The van der Waals surface area contributed by atoms with E-state index in [4.69, 9.17) is 0 Å². The number of hydrogen-bond acceptors (Lipinski definition) is 4. The lowest BCUT2D eigenvalue weighted by molar-refractivity contribution is -0.173. The van der Waals surface area contributed by atoms with Gasteiger partial charge in [0.1, 0.15) is 6.61 Å². The minimum absolute atomic E-state index is 0.0476. The first-order valence-electron chi connectivity index (χ1n) is 4.73. The van der Waals surface area contributed by atoms with E-state index in [9.17, 15) is 13.2 Å². The molecule has 0 aliphatic rings. The van der Waals surface area contributed by atoms with Crippen molar-refractivity contribution in [3.05, 3.63) is 16.1 Å². The largest absolute Gasteiger partial charge is 0.411 e. The summed E-state index contributed by atoms with van der Waals surface area (Å²) in [6.07, 6.45) is -3.83. The lowest BCUT2D eigenvalue weighted by Crippen LogP contribution is -2.17. The monoisotopic (exact) mass is 254 g/mol. The van der Waals surface area contributed by atoms with Gasteiger partial charge in [-0.1, -0.05) is 0 Å².